The number of urea groups is 1. The van der Waals surface area contributed by atoms with Crippen LogP contribution in [0.25, 0.3) is 11.3 Å². The van der Waals surface area contributed by atoms with E-state index in [9.17, 15) is 14.4 Å². The zero-order valence-electron chi connectivity index (χ0n) is 28.4. The van der Waals surface area contributed by atoms with Gasteiger partial charge in [-0.05, 0) is 77.8 Å². The van der Waals surface area contributed by atoms with Crippen LogP contribution < -0.4 is 16.2 Å². The van der Waals surface area contributed by atoms with E-state index in [1.165, 1.54) is 4.68 Å². The lowest BCUT2D eigenvalue weighted by molar-refractivity contribution is -0.130. The third kappa shape index (κ3) is 8.52. The van der Waals surface area contributed by atoms with Gasteiger partial charge in [-0.2, -0.15) is 5.10 Å². The van der Waals surface area contributed by atoms with Crippen molar-refractivity contribution in [3.05, 3.63) is 75.3 Å². The van der Waals surface area contributed by atoms with Gasteiger partial charge in [0.25, 0.3) is 11.5 Å². The molecule has 3 heterocycles. The number of aromatic nitrogens is 2. The van der Waals surface area contributed by atoms with Gasteiger partial charge in [0.1, 0.15) is 5.69 Å². The number of hydrogen-bond donors (Lipinski definition) is 2. The smallest absolute Gasteiger partial charge is 0.322 e. The number of rotatable bonds is 9. The van der Waals surface area contributed by atoms with Crippen molar-refractivity contribution in [3.8, 4) is 11.3 Å². The minimum absolute atomic E-state index is 0.0267. The summed E-state index contributed by atoms with van der Waals surface area (Å²) in [6, 6.07) is 7.18. The van der Waals surface area contributed by atoms with Gasteiger partial charge in [-0.15, -0.1) is 0 Å². The highest BCUT2D eigenvalue weighted by atomic mass is 16.5. The van der Waals surface area contributed by atoms with Crippen LogP contribution in [0, 0.1) is 6.92 Å². The fraction of sp³-hybridized carbons (Fsp3) is 0.486. The summed E-state index contributed by atoms with van der Waals surface area (Å²) in [5.74, 6) is -0.0488. The highest BCUT2D eigenvalue weighted by molar-refractivity contribution is 5.96. The number of benzene rings is 1. The number of anilines is 2. The zero-order chi connectivity index (χ0) is 33.6. The largest absolute Gasteiger partial charge is 0.378 e. The Kier molecular flexibility index (Phi) is 11.2. The van der Waals surface area contributed by atoms with Crippen molar-refractivity contribution in [2.75, 3.05) is 50.0 Å². The van der Waals surface area contributed by atoms with Crippen molar-refractivity contribution in [3.63, 3.8) is 0 Å². The van der Waals surface area contributed by atoms with Crippen molar-refractivity contribution in [2.24, 2.45) is 7.05 Å². The molecule has 46 heavy (non-hydrogen) atoms. The minimum atomic E-state index is -0.291. The molecule has 0 radical (unpaired) electrons. The molecule has 2 aliphatic heterocycles. The Morgan fingerprint density at radius 1 is 1.09 bits per heavy atom. The van der Waals surface area contributed by atoms with E-state index in [2.05, 4.69) is 15.7 Å². The van der Waals surface area contributed by atoms with E-state index in [4.69, 9.17) is 9.47 Å². The molecule has 0 aliphatic carbocycles. The minimum Gasteiger partial charge on any atom is -0.378 e. The maximum Gasteiger partial charge on any atom is 0.322 e. The van der Waals surface area contributed by atoms with E-state index in [0.29, 0.717) is 62.0 Å². The van der Waals surface area contributed by atoms with Crippen molar-refractivity contribution in [1.29, 1.82) is 0 Å². The maximum atomic E-state index is 13.3. The standard InChI is InChI=1S/C35H48N6O5/c1-9-23(3)28(15-14-25(10-2)32(42)40-16-18-45-19-17-40)36-31-20-30(38-39(8)33(31)43)27-12-11-13-29(24(27)4)37-34(44)41-21-26(22-41)46-35(5,6)7/h10-15,20,26,36H,9,16-19,21-22H2,1-8H3,(H,37,44)/b15-14-,25-10+,28-23+. The van der Waals surface area contributed by atoms with Crippen LogP contribution in [0.1, 0.15) is 53.5 Å². The number of nitrogens with one attached hydrogen (secondary N) is 2. The van der Waals surface area contributed by atoms with Crippen LogP contribution in [0.15, 0.2) is 64.1 Å². The van der Waals surface area contributed by atoms with Crippen molar-refractivity contribution in [1.82, 2.24) is 19.6 Å². The predicted octanol–water partition coefficient (Wildman–Crippen LogP) is 5.24. The highest BCUT2D eigenvalue weighted by Crippen LogP contribution is 2.29. The second kappa shape index (κ2) is 14.9. The third-order valence-electron chi connectivity index (χ3n) is 8.12. The van der Waals surface area contributed by atoms with Gasteiger partial charge in [-0.25, -0.2) is 9.48 Å². The lowest BCUT2D eigenvalue weighted by Crippen LogP contribution is -2.57. The fourth-order valence-corrected chi connectivity index (χ4v) is 5.29. The number of hydrogen-bond acceptors (Lipinski definition) is 7. The molecule has 0 bridgehead atoms. The summed E-state index contributed by atoms with van der Waals surface area (Å²) in [6.45, 7) is 17.1. The maximum absolute atomic E-state index is 13.3. The van der Waals surface area contributed by atoms with Crippen LogP contribution >= 0.6 is 0 Å². The van der Waals surface area contributed by atoms with E-state index in [1.54, 1.807) is 35.1 Å². The van der Waals surface area contributed by atoms with E-state index in [-0.39, 0.29) is 29.2 Å². The van der Waals surface area contributed by atoms with Crippen LogP contribution in [0.5, 0.6) is 0 Å². The van der Waals surface area contributed by atoms with Crippen molar-refractivity contribution >= 4 is 23.3 Å². The van der Waals surface area contributed by atoms with E-state index < -0.39 is 0 Å². The Balaban J connectivity index is 1.55. The van der Waals surface area contributed by atoms with Gasteiger partial charge in [-0.1, -0.05) is 30.7 Å². The number of carbonyl (C=O) groups excluding carboxylic acids is 2. The first-order valence-electron chi connectivity index (χ1n) is 15.9. The molecule has 0 unspecified atom stereocenters. The Labute approximate surface area is 271 Å². The molecule has 4 rings (SSSR count). The number of likely N-dealkylation sites (tertiary alicyclic amines) is 1. The molecule has 1 aromatic heterocycles. The summed E-state index contributed by atoms with van der Waals surface area (Å²) < 4.78 is 12.7. The van der Waals surface area contributed by atoms with Crippen LogP contribution in [0.4, 0.5) is 16.2 Å². The molecule has 2 aliphatic rings. The lowest BCUT2D eigenvalue weighted by atomic mass is 10.0. The Morgan fingerprint density at radius 2 is 1.78 bits per heavy atom. The molecule has 2 N–H and O–H groups in total. The monoisotopic (exact) mass is 632 g/mol. The molecule has 248 valence electrons. The molecule has 11 heteroatoms. The van der Waals surface area contributed by atoms with Gasteiger partial charge in [0.05, 0.1) is 43.7 Å². The van der Waals surface area contributed by atoms with Gasteiger partial charge in [0, 0.05) is 42.7 Å². The second-order valence-electron chi connectivity index (χ2n) is 12.7. The van der Waals surface area contributed by atoms with Gasteiger partial charge >= 0.3 is 6.03 Å². The molecule has 0 saturated carbocycles. The van der Waals surface area contributed by atoms with Gasteiger partial charge in [-0.3, -0.25) is 9.59 Å². The summed E-state index contributed by atoms with van der Waals surface area (Å²) in [5, 5.41) is 10.9. The highest BCUT2D eigenvalue weighted by Gasteiger charge is 2.34. The number of amides is 3. The summed E-state index contributed by atoms with van der Waals surface area (Å²) in [6.07, 6.45) is 6.21. The second-order valence-corrected chi connectivity index (χ2v) is 12.7. The normalized spacial score (nSPS) is 16.7. The van der Waals surface area contributed by atoms with Crippen molar-refractivity contribution < 1.29 is 19.1 Å². The topological polar surface area (TPSA) is 118 Å². The van der Waals surface area contributed by atoms with Gasteiger partial charge in [0.2, 0.25) is 0 Å². The predicted molar refractivity (Wildman–Crippen MR) is 182 cm³/mol. The van der Waals surface area contributed by atoms with Crippen LogP contribution in [-0.2, 0) is 21.3 Å². The number of carbonyl (C=O) groups is 2. The summed E-state index contributed by atoms with van der Waals surface area (Å²) in [4.78, 5) is 42.9. The summed E-state index contributed by atoms with van der Waals surface area (Å²) in [5.41, 5.74) is 4.98. The Bertz CT molecular complexity index is 1590. The summed E-state index contributed by atoms with van der Waals surface area (Å²) >= 11 is 0. The molecule has 2 fully saturated rings. The van der Waals surface area contributed by atoms with E-state index in [0.717, 1.165) is 28.8 Å². The van der Waals surface area contributed by atoms with Crippen LogP contribution in [-0.4, -0.2) is 82.6 Å². The number of ether oxygens (including phenoxy) is 2. The molecule has 1 aromatic carbocycles. The van der Waals surface area contributed by atoms with Crippen LogP contribution in [0.3, 0.4) is 0 Å². The molecule has 11 nitrogen and oxygen atoms in total. The third-order valence-corrected chi connectivity index (χ3v) is 8.12. The Morgan fingerprint density at radius 3 is 2.41 bits per heavy atom. The summed E-state index contributed by atoms with van der Waals surface area (Å²) in [7, 11) is 1.61. The van der Waals surface area contributed by atoms with Crippen molar-refractivity contribution in [2.45, 2.75) is 66.6 Å². The average molecular weight is 633 g/mol. The van der Waals surface area contributed by atoms with Crippen LogP contribution in [0.2, 0.25) is 0 Å². The molecule has 2 saturated heterocycles. The SMILES string of the molecule is C\C=C(/C=C\C(Nc1cc(-c2cccc(NC(=O)N3CC(OC(C)(C)C)C3)c2C)nn(C)c1=O)=C(\C)CC)C(=O)N1CCOCC1. The molecule has 2 aromatic rings. The number of nitrogens with zero attached hydrogens (tertiary/aromatic N) is 4. The number of allylic oxidation sites excluding steroid dienone is 3. The molecule has 3 amide bonds. The first-order valence-corrected chi connectivity index (χ1v) is 15.9. The average Bonchev–Trinajstić information content (AvgIpc) is 3.00. The fourth-order valence-electron chi connectivity index (χ4n) is 5.29. The molecule has 0 atom stereocenters. The van der Waals surface area contributed by atoms with Gasteiger partial charge < -0.3 is 29.9 Å². The number of morpholine rings is 1. The number of aryl methyl sites for hydroxylation is 1. The first-order chi connectivity index (χ1) is 21.8. The first kappa shape index (κ1) is 34.6. The Hall–Kier alpha value is -4.22. The molecular formula is C35H48N6O5. The zero-order valence-corrected chi connectivity index (χ0v) is 28.4. The van der Waals surface area contributed by atoms with E-state index in [1.807, 2.05) is 72.7 Å². The quantitative estimate of drug-likeness (QED) is 0.287. The lowest BCUT2D eigenvalue weighted by Gasteiger charge is -2.41. The van der Waals surface area contributed by atoms with E-state index >= 15 is 0 Å². The van der Waals surface area contributed by atoms with Gasteiger partial charge in [0.15, 0.2) is 0 Å². The molecular weight excluding hydrogens is 584 g/mol. The molecule has 0 spiro atoms.